The van der Waals surface area contributed by atoms with Gasteiger partial charge in [0.1, 0.15) is 0 Å². The number of rotatable bonds is 2. The Kier molecular flexibility index (Phi) is 3.67. The third kappa shape index (κ3) is 2.75. The molecule has 1 unspecified atom stereocenters. The number of nitrogens with zero attached hydrogens (tertiary/aromatic N) is 1. The van der Waals surface area contributed by atoms with Crippen LogP contribution in [0.5, 0.6) is 0 Å². The Morgan fingerprint density at radius 1 is 1.33 bits per heavy atom. The summed E-state index contributed by atoms with van der Waals surface area (Å²) >= 11 is 6.06. The Bertz CT molecular complexity index is 356. The summed E-state index contributed by atoms with van der Waals surface area (Å²) in [5, 5.41) is 4.55. The van der Waals surface area contributed by atoms with Gasteiger partial charge in [0, 0.05) is 25.3 Å². The fraction of sp³-hybridized carbons (Fsp3) is 0.733. The molecule has 2 fully saturated rings. The highest BCUT2D eigenvalue weighted by Crippen LogP contribution is 2.46. The molecule has 3 aliphatic rings. The van der Waals surface area contributed by atoms with Gasteiger partial charge >= 0.3 is 0 Å². The minimum atomic E-state index is 0.643. The minimum absolute atomic E-state index is 0.643. The van der Waals surface area contributed by atoms with E-state index in [9.17, 15) is 0 Å². The number of nitrogens with one attached hydrogen (secondary N) is 1. The molecular formula is C15H23ClN2. The predicted octanol–water partition coefficient (Wildman–Crippen LogP) is 3.25. The van der Waals surface area contributed by atoms with Crippen molar-refractivity contribution in [1.82, 2.24) is 10.2 Å². The lowest BCUT2D eigenvalue weighted by Gasteiger charge is -2.40. The summed E-state index contributed by atoms with van der Waals surface area (Å²) in [6, 6.07) is 0.643. The van der Waals surface area contributed by atoms with E-state index in [2.05, 4.69) is 22.5 Å². The highest BCUT2D eigenvalue weighted by molar-refractivity contribution is 6.31. The predicted molar refractivity (Wildman–Crippen MR) is 76.6 cm³/mol. The van der Waals surface area contributed by atoms with Gasteiger partial charge in [-0.15, -0.1) is 0 Å². The van der Waals surface area contributed by atoms with E-state index in [1.807, 2.05) is 6.08 Å². The quantitative estimate of drug-likeness (QED) is 0.825. The van der Waals surface area contributed by atoms with Crippen LogP contribution in [-0.4, -0.2) is 30.6 Å². The maximum Gasteiger partial charge on any atom is 0.0562 e. The van der Waals surface area contributed by atoms with Crippen molar-refractivity contribution in [1.29, 1.82) is 0 Å². The van der Waals surface area contributed by atoms with Gasteiger partial charge in [-0.3, -0.25) is 0 Å². The molecule has 18 heavy (non-hydrogen) atoms. The summed E-state index contributed by atoms with van der Waals surface area (Å²) < 4.78 is 0. The van der Waals surface area contributed by atoms with Crippen LogP contribution in [0, 0.1) is 5.41 Å². The zero-order chi connectivity index (χ0) is 12.4. The lowest BCUT2D eigenvalue weighted by Crippen LogP contribution is -2.48. The number of piperidine rings is 1. The molecule has 2 nitrogen and oxygen atoms in total. The SMILES string of the molecule is ClC1=CN(CC2CC3(CCCC3)CCN2)CC=C1. The van der Waals surface area contributed by atoms with Gasteiger partial charge in [-0.2, -0.15) is 0 Å². The van der Waals surface area contributed by atoms with Crippen LogP contribution in [0.3, 0.4) is 0 Å². The summed E-state index contributed by atoms with van der Waals surface area (Å²) in [5.74, 6) is 0. The summed E-state index contributed by atoms with van der Waals surface area (Å²) in [6.45, 7) is 3.30. The first-order valence-electron chi connectivity index (χ1n) is 7.27. The summed E-state index contributed by atoms with van der Waals surface area (Å²) in [4.78, 5) is 2.34. The van der Waals surface area contributed by atoms with Crippen molar-refractivity contribution in [2.24, 2.45) is 5.41 Å². The van der Waals surface area contributed by atoms with Gasteiger partial charge < -0.3 is 10.2 Å². The molecular weight excluding hydrogens is 244 g/mol. The third-order valence-electron chi connectivity index (χ3n) is 4.81. The normalized spacial score (nSPS) is 30.8. The van der Waals surface area contributed by atoms with E-state index in [0.717, 1.165) is 18.1 Å². The lowest BCUT2D eigenvalue weighted by atomic mass is 9.74. The van der Waals surface area contributed by atoms with Crippen LogP contribution in [0.15, 0.2) is 23.4 Å². The van der Waals surface area contributed by atoms with E-state index in [-0.39, 0.29) is 0 Å². The largest absolute Gasteiger partial charge is 0.371 e. The van der Waals surface area contributed by atoms with Gasteiger partial charge in [0.05, 0.1) is 5.03 Å². The lowest BCUT2D eigenvalue weighted by molar-refractivity contribution is 0.152. The smallest absolute Gasteiger partial charge is 0.0562 e. The maximum atomic E-state index is 6.06. The minimum Gasteiger partial charge on any atom is -0.371 e. The average Bonchev–Trinajstić information content (AvgIpc) is 2.77. The first-order valence-corrected chi connectivity index (χ1v) is 7.65. The van der Waals surface area contributed by atoms with Crippen molar-refractivity contribution in [2.75, 3.05) is 19.6 Å². The number of hydrogen-bond acceptors (Lipinski definition) is 2. The molecule has 0 aromatic rings. The first-order chi connectivity index (χ1) is 8.76. The molecule has 1 aliphatic carbocycles. The molecule has 3 heteroatoms. The zero-order valence-corrected chi connectivity index (χ0v) is 11.8. The second kappa shape index (κ2) is 5.26. The molecule has 1 saturated heterocycles. The monoisotopic (exact) mass is 266 g/mol. The van der Waals surface area contributed by atoms with E-state index in [0.29, 0.717) is 11.5 Å². The van der Waals surface area contributed by atoms with E-state index >= 15 is 0 Å². The van der Waals surface area contributed by atoms with Crippen LogP contribution in [0.25, 0.3) is 0 Å². The van der Waals surface area contributed by atoms with Crippen molar-refractivity contribution in [3.05, 3.63) is 23.4 Å². The molecule has 0 aromatic heterocycles. The highest BCUT2D eigenvalue weighted by atomic mass is 35.5. The average molecular weight is 267 g/mol. The molecule has 0 amide bonds. The standard InChI is InChI=1S/C15H23ClN2/c16-13-4-3-9-18(11-13)12-14-10-15(7-8-17-14)5-1-2-6-15/h3-4,11,14,17H,1-2,5-10,12H2. The molecule has 1 N–H and O–H groups in total. The molecule has 3 rings (SSSR count). The zero-order valence-electron chi connectivity index (χ0n) is 11.0. The third-order valence-corrected chi connectivity index (χ3v) is 5.03. The molecule has 2 heterocycles. The maximum absolute atomic E-state index is 6.06. The van der Waals surface area contributed by atoms with Gasteiger partial charge in [0.25, 0.3) is 0 Å². The van der Waals surface area contributed by atoms with E-state index in [1.165, 1.54) is 45.1 Å². The summed E-state index contributed by atoms with van der Waals surface area (Å²) in [5.41, 5.74) is 0.676. The van der Waals surface area contributed by atoms with Crippen LogP contribution < -0.4 is 5.32 Å². The number of allylic oxidation sites excluding steroid dienone is 2. The molecule has 2 aliphatic heterocycles. The van der Waals surface area contributed by atoms with Crippen molar-refractivity contribution in [3.8, 4) is 0 Å². The van der Waals surface area contributed by atoms with Crippen molar-refractivity contribution < 1.29 is 0 Å². The highest BCUT2D eigenvalue weighted by Gasteiger charge is 2.38. The molecule has 1 spiro atoms. The van der Waals surface area contributed by atoms with Crippen LogP contribution in [-0.2, 0) is 0 Å². The number of halogens is 1. The van der Waals surface area contributed by atoms with Crippen LogP contribution in [0.4, 0.5) is 0 Å². The second-order valence-corrected chi connectivity index (χ2v) is 6.62. The van der Waals surface area contributed by atoms with Gasteiger partial charge in [0.15, 0.2) is 0 Å². The Morgan fingerprint density at radius 3 is 2.94 bits per heavy atom. The Hall–Kier alpha value is -0.470. The van der Waals surface area contributed by atoms with E-state index in [4.69, 9.17) is 11.6 Å². The van der Waals surface area contributed by atoms with Gasteiger partial charge in [-0.05, 0) is 43.7 Å². The van der Waals surface area contributed by atoms with Crippen LogP contribution in [0.2, 0.25) is 0 Å². The van der Waals surface area contributed by atoms with Crippen molar-refractivity contribution in [3.63, 3.8) is 0 Å². The van der Waals surface area contributed by atoms with E-state index < -0.39 is 0 Å². The fourth-order valence-corrected chi connectivity index (χ4v) is 4.15. The van der Waals surface area contributed by atoms with Crippen LogP contribution >= 0.6 is 11.6 Å². The Labute approximate surface area is 115 Å². The number of hydrogen-bond donors (Lipinski definition) is 1. The first kappa shape index (κ1) is 12.6. The molecule has 100 valence electrons. The van der Waals surface area contributed by atoms with Crippen molar-refractivity contribution in [2.45, 2.75) is 44.6 Å². The van der Waals surface area contributed by atoms with E-state index in [1.54, 1.807) is 0 Å². The molecule has 0 aromatic carbocycles. The van der Waals surface area contributed by atoms with Gasteiger partial charge in [-0.25, -0.2) is 0 Å². The summed E-state index contributed by atoms with van der Waals surface area (Å²) in [7, 11) is 0. The Balaban J connectivity index is 1.58. The summed E-state index contributed by atoms with van der Waals surface area (Å²) in [6.07, 6.45) is 14.8. The second-order valence-electron chi connectivity index (χ2n) is 6.18. The molecule has 0 radical (unpaired) electrons. The van der Waals surface area contributed by atoms with Crippen LogP contribution in [0.1, 0.15) is 38.5 Å². The van der Waals surface area contributed by atoms with Crippen molar-refractivity contribution >= 4 is 11.6 Å². The topological polar surface area (TPSA) is 15.3 Å². The Morgan fingerprint density at radius 2 is 2.17 bits per heavy atom. The fourth-order valence-electron chi connectivity index (χ4n) is 3.93. The van der Waals surface area contributed by atoms with Gasteiger partial charge in [0.2, 0.25) is 0 Å². The van der Waals surface area contributed by atoms with Gasteiger partial charge in [-0.1, -0.05) is 30.5 Å². The molecule has 1 saturated carbocycles. The molecule has 1 atom stereocenters. The molecule has 0 bridgehead atoms.